The summed E-state index contributed by atoms with van der Waals surface area (Å²) in [6.07, 6.45) is 3.68. The molecule has 3 rings (SSSR count). The quantitative estimate of drug-likeness (QED) is 0.741. The standard InChI is InChI=1S/C22H28N2O4S/c1-3-19-6-4-5-15-24(19)29(26,27)21-13-9-18(10-14-21)23-22(25)16-28-20-11-7-17(2)8-12-20/h7-14,19H,3-6,15-16H2,1-2H3,(H,23,25). The Morgan fingerprint density at radius 2 is 1.79 bits per heavy atom. The minimum absolute atomic E-state index is 0.0621. The second-order valence-corrected chi connectivity index (χ2v) is 9.24. The van der Waals surface area contributed by atoms with Crippen LogP contribution in [-0.2, 0) is 14.8 Å². The molecule has 1 atom stereocenters. The third kappa shape index (κ3) is 5.36. The molecule has 1 unspecified atom stereocenters. The molecule has 1 aliphatic rings. The maximum atomic E-state index is 13.0. The van der Waals surface area contributed by atoms with Crippen LogP contribution in [0.15, 0.2) is 53.4 Å². The average molecular weight is 417 g/mol. The van der Waals surface area contributed by atoms with Crippen LogP contribution in [0.2, 0.25) is 0 Å². The van der Waals surface area contributed by atoms with Crippen molar-refractivity contribution in [2.75, 3.05) is 18.5 Å². The molecule has 0 bridgehead atoms. The van der Waals surface area contributed by atoms with Gasteiger partial charge in [-0.05, 0) is 62.6 Å². The Kier molecular flexibility index (Phi) is 6.92. The summed E-state index contributed by atoms with van der Waals surface area (Å²) < 4.78 is 33.1. The van der Waals surface area contributed by atoms with E-state index in [-0.39, 0.29) is 23.5 Å². The highest BCUT2D eigenvalue weighted by Gasteiger charge is 2.32. The fraction of sp³-hybridized carbons (Fsp3) is 0.409. The van der Waals surface area contributed by atoms with Gasteiger partial charge in [0.15, 0.2) is 6.61 Å². The molecule has 0 aliphatic carbocycles. The zero-order valence-electron chi connectivity index (χ0n) is 16.9. The number of aryl methyl sites for hydroxylation is 1. The fourth-order valence-electron chi connectivity index (χ4n) is 3.52. The van der Waals surface area contributed by atoms with Gasteiger partial charge in [-0.1, -0.05) is 31.0 Å². The van der Waals surface area contributed by atoms with Gasteiger partial charge in [0.05, 0.1) is 4.90 Å². The van der Waals surface area contributed by atoms with Crippen molar-refractivity contribution < 1.29 is 17.9 Å². The van der Waals surface area contributed by atoms with Crippen LogP contribution in [0.3, 0.4) is 0 Å². The van der Waals surface area contributed by atoms with Gasteiger partial charge in [-0.3, -0.25) is 4.79 Å². The number of hydrogen-bond acceptors (Lipinski definition) is 4. The highest BCUT2D eigenvalue weighted by atomic mass is 32.2. The number of carbonyl (C=O) groups is 1. The van der Waals surface area contributed by atoms with Crippen LogP contribution < -0.4 is 10.1 Å². The van der Waals surface area contributed by atoms with Crippen molar-refractivity contribution in [2.45, 2.75) is 50.5 Å². The van der Waals surface area contributed by atoms with Crippen LogP contribution in [-0.4, -0.2) is 37.8 Å². The number of nitrogens with one attached hydrogen (secondary N) is 1. The van der Waals surface area contributed by atoms with E-state index in [1.165, 1.54) is 0 Å². The first-order valence-corrected chi connectivity index (χ1v) is 11.5. The highest BCUT2D eigenvalue weighted by Crippen LogP contribution is 2.27. The minimum Gasteiger partial charge on any atom is -0.484 e. The maximum Gasteiger partial charge on any atom is 0.262 e. The van der Waals surface area contributed by atoms with Gasteiger partial charge in [0.1, 0.15) is 5.75 Å². The second kappa shape index (κ2) is 9.41. The molecule has 2 aromatic carbocycles. The maximum absolute atomic E-state index is 13.0. The number of amides is 1. The first-order chi connectivity index (χ1) is 13.9. The number of ether oxygens (including phenoxy) is 1. The average Bonchev–Trinajstić information content (AvgIpc) is 2.73. The van der Waals surface area contributed by atoms with Crippen molar-refractivity contribution in [2.24, 2.45) is 0 Å². The molecule has 156 valence electrons. The predicted octanol–water partition coefficient (Wildman–Crippen LogP) is 3.97. The van der Waals surface area contributed by atoms with E-state index in [1.54, 1.807) is 28.6 Å². The van der Waals surface area contributed by atoms with Crippen molar-refractivity contribution in [3.63, 3.8) is 0 Å². The van der Waals surface area contributed by atoms with Gasteiger partial charge in [0.2, 0.25) is 10.0 Å². The van der Waals surface area contributed by atoms with Crippen LogP contribution >= 0.6 is 0 Å². The van der Waals surface area contributed by atoms with E-state index in [4.69, 9.17) is 4.74 Å². The highest BCUT2D eigenvalue weighted by molar-refractivity contribution is 7.89. The molecular formula is C22H28N2O4S. The van der Waals surface area contributed by atoms with Crippen molar-refractivity contribution in [1.82, 2.24) is 4.31 Å². The molecule has 2 aromatic rings. The zero-order valence-corrected chi connectivity index (χ0v) is 17.7. The normalized spacial score (nSPS) is 17.7. The zero-order chi connectivity index (χ0) is 20.9. The Labute approximate surface area is 172 Å². The first kappa shape index (κ1) is 21.3. The Hall–Kier alpha value is -2.38. The Balaban J connectivity index is 1.60. The number of rotatable bonds is 7. The molecule has 6 nitrogen and oxygen atoms in total. The molecule has 0 saturated carbocycles. The number of benzene rings is 2. The lowest BCUT2D eigenvalue weighted by Gasteiger charge is -2.34. The van der Waals surface area contributed by atoms with Crippen molar-refractivity contribution in [3.8, 4) is 5.75 Å². The summed E-state index contributed by atoms with van der Waals surface area (Å²) in [4.78, 5) is 12.4. The van der Waals surface area contributed by atoms with Crippen LogP contribution in [0, 0.1) is 6.92 Å². The summed E-state index contributed by atoms with van der Waals surface area (Å²) in [6, 6.07) is 13.8. The van der Waals surface area contributed by atoms with Gasteiger partial charge in [0.25, 0.3) is 5.91 Å². The topological polar surface area (TPSA) is 75.7 Å². The van der Waals surface area contributed by atoms with E-state index in [2.05, 4.69) is 5.32 Å². The van der Waals surface area contributed by atoms with E-state index < -0.39 is 10.0 Å². The van der Waals surface area contributed by atoms with Crippen molar-refractivity contribution in [1.29, 1.82) is 0 Å². The SMILES string of the molecule is CCC1CCCCN1S(=O)(=O)c1ccc(NC(=O)COc2ccc(C)cc2)cc1. The van der Waals surface area contributed by atoms with Gasteiger partial charge in [-0.25, -0.2) is 8.42 Å². The van der Waals surface area contributed by atoms with Gasteiger partial charge in [-0.15, -0.1) is 0 Å². The van der Waals surface area contributed by atoms with Crippen LogP contribution in [0.5, 0.6) is 5.75 Å². The number of carbonyl (C=O) groups excluding carboxylic acids is 1. The molecule has 0 radical (unpaired) electrons. The predicted molar refractivity (Wildman–Crippen MR) is 114 cm³/mol. The Morgan fingerprint density at radius 3 is 2.45 bits per heavy atom. The summed E-state index contributed by atoms with van der Waals surface area (Å²) >= 11 is 0. The smallest absolute Gasteiger partial charge is 0.262 e. The summed E-state index contributed by atoms with van der Waals surface area (Å²) in [5.74, 6) is 0.322. The fourth-order valence-corrected chi connectivity index (χ4v) is 5.29. The van der Waals surface area contributed by atoms with E-state index in [1.807, 2.05) is 38.1 Å². The van der Waals surface area contributed by atoms with E-state index >= 15 is 0 Å². The lowest BCUT2D eigenvalue weighted by atomic mass is 10.0. The van der Waals surface area contributed by atoms with Gasteiger partial charge in [0, 0.05) is 18.3 Å². The van der Waals surface area contributed by atoms with Gasteiger partial charge < -0.3 is 10.1 Å². The largest absolute Gasteiger partial charge is 0.484 e. The third-order valence-electron chi connectivity index (χ3n) is 5.18. The number of sulfonamides is 1. The molecule has 0 aromatic heterocycles. The van der Waals surface area contributed by atoms with E-state index in [9.17, 15) is 13.2 Å². The number of nitrogens with zero attached hydrogens (tertiary/aromatic N) is 1. The molecule has 7 heteroatoms. The number of anilines is 1. The van der Waals surface area contributed by atoms with Crippen LogP contribution in [0.4, 0.5) is 5.69 Å². The van der Waals surface area contributed by atoms with Crippen LogP contribution in [0.25, 0.3) is 0 Å². The molecule has 29 heavy (non-hydrogen) atoms. The van der Waals surface area contributed by atoms with Gasteiger partial charge in [-0.2, -0.15) is 4.31 Å². The van der Waals surface area contributed by atoms with Crippen LogP contribution in [0.1, 0.15) is 38.2 Å². The monoisotopic (exact) mass is 416 g/mol. The Bertz CT molecular complexity index is 924. The lowest BCUT2D eigenvalue weighted by Crippen LogP contribution is -2.43. The number of hydrogen-bond donors (Lipinski definition) is 1. The summed E-state index contributed by atoms with van der Waals surface area (Å²) in [5.41, 5.74) is 1.65. The molecule has 1 fully saturated rings. The first-order valence-electron chi connectivity index (χ1n) is 10.0. The molecule has 0 spiro atoms. The third-order valence-corrected chi connectivity index (χ3v) is 7.15. The minimum atomic E-state index is -3.52. The lowest BCUT2D eigenvalue weighted by molar-refractivity contribution is -0.118. The number of piperidine rings is 1. The molecular weight excluding hydrogens is 388 g/mol. The van der Waals surface area contributed by atoms with Gasteiger partial charge >= 0.3 is 0 Å². The molecule has 1 N–H and O–H groups in total. The van der Waals surface area contributed by atoms with E-state index in [0.717, 1.165) is 31.2 Å². The molecule has 1 heterocycles. The second-order valence-electron chi connectivity index (χ2n) is 7.35. The molecule has 1 saturated heterocycles. The van der Waals surface area contributed by atoms with Crippen molar-refractivity contribution >= 4 is 21.6 Å². The summed E-state index contributed by atoms with van der Waals surface area (Å²) in [7, 11) is -3.52. The summed E-state index contributed by atoms with van der Waals surface area (Å²) in [5, 5.41) is 2.73. The Morgan fingerprint density at radius 1 is 1.10 bits per heavy atom. The molecule has 1 aliphatic heterocycles. The summed E-state index contributed by atoms with van der Waals surface area (Å²) in [6.45, 7) is 4.45. The molecule has 1 amide bonds. The van der Waals surface area contributed by atoms with E-state index in [0.29, 0.717) is 18.0 Å². The van der Waals surface area contributed by atoms with Crippen molar-refractivity contribution in [3.05, 3.63) is 54.1 Å².